The van der Waals surface area contributed by atoms with Gasteiger partial charge in [-0.25, -0.2) is 9.18 Å². The molecule has 1 rings (SSSR count). The van der Waals surface area contributed by atoms with Crippen LogP contribution in [0.5, 0.6) is 0 Å². The number of thioether (sulfide) groups is 1. The van der Waals surface area contributed by atoms with Crippen LogP contribution in [0.25, 0.3) is 0 Å². The molecular formula is C11H15FN2O2S. The van der Waals surface area contributed by atoms with Gasteiger partial charge in [-0.15, -0.1) is 0 Å². The lowest BCUT2D eigenvalue weighted by molar-refractivity contribution is 0.0692. The van der Waals surface area contributed by atoms with Gasteiger partial charge in [-0.05, 0) is 18.4 Å². The standard InChI is InChI=1S/C11H15FN2O2S/c1-6(17-2)5-14-10-4-8(12)7(11(15)16)3-9(10)13/h3-4,6,14H,5,13H2,1-2H3,(H,15,16). The van der Waals surface area contributed by atoms with Crippen molar-refractivity contribution in [1.29, 1.82) is 0 Å². The summed E-state index contributed by atoms with van der Waals surface area (Å²) in [5, 5.41) is 12.1. The molecule has 94 valence electrons. The fourth-order valence-corrected chi connectivity index (χ4v) is 1.49. The fraction of sp³-hybridized carbons (Fsp3) is 0.364. The SMILES string of the molecule is CSC(C)CNc1cc(F)c(C(=O)O)cc1N. The number of nitrogens with two attached hydrogens (primary N) is 1. The first-order valence-corrected chi connectivity index (χ1v) is 6.33. The van der Waals surface area contributed by atoms with Crippen LogP contribution in [-0.2, 0) is 0 Å². The number of hydrogen-bond donors (Lipinski definition) is 3. The molecule has 0 aliphatic carbocycles. The van der Waals surface area contributed by atoms with E-state index < -0.39 is 17.3 Å². The fourth-order valence-electron chi connectivity index (χ4n) is 1.24. The molecule has 4 N–H and O–H groups in total. The van der Waals surface area contributed by atoms with E-state index in [-0.39, 0.29) is 5.69 Å². The topological polar surface area (TPSA) is 75.3 Å². The smallest absolute Gasteiger partial charge is 0.338 e. The minimum Gasteiger partial charge on any atom is -0.478 e. The summed E-state index contributed by atoms with van der Waals surface area (Å²) >= 11 is 1.67. The maximum atomic E-state index is 13.4. The summed E-state index contributed by atoms with van der Waals surface area (Å²) in [6, 6.07) is 2.25. The Hall–Kier alpha value is -1.43. The van der Waals surface area contributed by atoms with E-state index in [9.17, 15) is 9.18 Å². The zero-order chi connectivity index (χ0) is 13.0. The average Bonchev–Trinajstić information content (AvgIpc) is 2.28. The summed E-state index contributed by atoms with van der Waals surface area (Å²) in [4.78, 5) is 10.7. The van der Waals surface area contributed by atoms with E-state index in [4.69, 9.17) is 10.8 Å². The molecule has 0 spiro atoms. The number of halogens is 1. The van der Waals surface area contributed by atoms with Gasteiger partial charge < -0.3 is 16.2 Å². The lowest BCUT2D eigenvalue weighted by Crippen LogP contribution is -2.14. The Balaban J connectivity index is 2.88. The second-order valence-corrected chi connectivity index (χ2v) is 4.93. The van der Waals surface area contributed by atoms with Crippen LogP contribution in [-0.4, -0.2) is 29.1 Å². The summed E-state index contributed by atoms with van der Waals surface area (Å²) in [6.07, 6.45) is 1.98. The minimum absolute atomic E-state index is 0.233. The largest absolute Gasteiger partial charge is 0.478 e. The molecule has 0 amide bonds. The molecule has 0 aliphatic rings. The highest BCUT2D eigenvalue weighted by molar-refractivity contribution is 7.99. The molecule has 1 unspecified atom stereocenters. The maximum absolute atomic E-state index is 13.4. The molecule has 1 aromatic rings. The van der Waals surface area contributed by atoms with Gasteiger partial charge in [0, 0.05) is 11.8 Å². The Kier molecular flexibility index (Phi) is 4.62. The molecule has 1 atom stereocenters. The third kappa shape index (κ3) is 3.52. The van der Waals surface area contributed by atoms with Crippen molar-refractivity contribution in [3.8, 4) is 0 Å². The first-order chi connectivity index (χ1) is 7.95. The van der Waals surface area contributed by atoms with Gasteiger partial charge in [0.2, 0.25) is 0 Å². The van der Waals surface area contributed by atoms with Gasteiger partial charge in [0.05, 0.1) is 16.9 Å². The van der Waals surface area contributed by atoms with Gasteiger partial charge in [0.15, 0.2) is 0 Å². The van der Waals surface area contributed by atoms with Crippen molar-refractivity contribution in [2.75, 3.05) is 23.9 Å². The molecule has 17 heavy (non-hydrogen) atoms. The van der Waals surface area contributed by atoms with Gasteiger partial charge >= 0.3 is 5.97 Å². The highest BCUT2D eigenvalue weighted by atomic mass is 32.2. The number of carboxylic acids is 1. The molecule has 1 aromatic carbocycles. The lowest BCUT2D eigenvalue weighted by Gasteiger charge is -2.13. The summed E-state index contributed by atoms with van der Waals surface area (Å²) in [5.74, 6) is -2.11. The number of benzene rings is 1. The third-order valence-corrected chi connectivity index (χ3v) is 3.32. The van der Waals surface area contributed by atoms with Gasteiger partial charge in [-0.2, -0.15) is 11.8 Å². The normalized spacial score (nSPS) is 12.2. The van der Waals surface area contributed by atoms with Crippen molar-refractivity contribution in [2.24, 2.45) is 0 Å². The number of nitrogen functional groups attached to an aromatic ring is 1. The number of anilines is 2. The van der Waals surface area contributed by atoms with E-state index in [2.05, 4.69) is 5.32 Å². The zero-order valence-electron chi connectivity index (χ0n) is 9.66. The molecule has 4 nitrogen and oxygen atoms in total. The van der Waals surface area contributed by atoms with Crippen molar-refractivity contribution < 1.29 is 14.3 Å². The molecule has 0 fully saturated rings. The van der Waals surface area contributed by atoms with Crippen molar-refractivity contribution in [2.45, 2.75) is 12.2 Å². The summed E-state index contributed by atoms with van der Waals surface area (Å²) in [6.45, 7) is 2.66. The van der Waals surface area contributed by atoms with Gasteiger partial charge in [-0.3, -0.25) is 0 Å². The molecule has 0 heterocycles. The predicted molar refractivity (Wildman–Crippen MR) is 69.2 cm³/mol. The Morgan fingerprint density at radius 2 is 2.29 bits per heavy atom. The highest BCUT2D eigenvalue weighted by Gasteiger charge is 2.13. The first-order valence-electron chi connectivity index (χ1n) is 5.04. The van der Waals surface area contributed by atoms with Gasteiger partial charge in [0.25, 0.3) is 0 Å². The van der Waals surface area contributed by atoms with Gasteiger partial charge in [-0.1, -0.05) is 6.92 Å². The second-order valence-electron chi connectivity index (χ2n) is 3.65. The van der Waals surface area contributed by atoms with Crippen molar-refractivity contribution in [3.05, 3.63) is 23.5 Å². The predicted octanol–water partition coefficient (Wildman–Crippen LogP) is 2.27. The number of carbonyl (C=O) groups is 1. The number of rotatable bonds is 5. The first kappa shape index (κ1) is 13.6. The van der Waals surface area contributed by atoms with Crippen molar-refractivity contribution >= 4 is 29.1 Å². The van der Waals surface area contributed by atoms with Crippen molar-refractivity contribution in [1.82, 2.24) is 0 Å². The third-order valence-electron chi connectivity index (χ3n) is 2.35. The van der Waals surface area contributed by atoms with E-state index in [1.165, 1.54) is 0 Å². The zero-order valence-corrected chi connectivity index (χ0v) is 10.5. The Bertz CT molecular complexity index is 426. The average molecular weight is 258 g/mol. The molecule has 0 bridgehead atoms. The lowest BCUT2D eigenvalue weighted by atomic mass is 10.1. The summed E-state index contributed by atoms with van der Waals surface area (Å²) in [7, 11) is 0. The summed E-state index contributed by atoms with van der Waals surface area (Å²) in [5.41, 5.74) is 5.90. The van der Waals surface area contributed by atoms with E-state index in [1.54, 1.807) is 11.8 Å². The Morgan fingerprint density at radius 3 is 2.82 bits per heavy atom. The summed E-state index contributed by atoms with van der Waals surface area (Å²) < 4.78 is 13.4. The highest BCUT2D eigenvalue weighted by Crippen LogP contribution is 2.23. The molecule has 0 saturated heterocycles. The quantitative estimate of drug-likeness (QED) is 0.706. The van der Waals surface area contributed by atoms with Crippen molar-refractivity contribution in [3.63, 3.8) is 0 Å². The number of nitrogens with one attached hydrogen (secondary N) is 1. The molecule has 0 radical (unpaired) electrons. The Morgan fingerprint density at radius 1 is 1.65 bits per heavy atom. The van der Waals surface area contributed by atoms with E-state index in [0.29, 0.717) is 17.5 Å². The van der Waals surface area contributed by atoms with E-state index in [1.807, 2.05) is 13.2 Å². The number of carboxylic acid groups (broad SMARTS) is 1. The molecule has 6 heteroatoms. The van der Waals surface area contributed by atoms with Crippen LogP contribution in [0.3, 0.4) is 0 Å². The second kappa shape index (κ2) is 5.77. The van der Waals surface area contributed by atoms with Crippen LogP contribution in [0.15, 0.2) is 12.1 Å². The van der Waals surface area contributed by atoms with Crippen LogP contribution in [0.1, 0.15) is 17.3 Å². The van der Waals surface area contributed by atoms with Crippen LogP contribution in [0.4, 0.5) is 15.8 Å². The van der Waals surface area contributed by atoms with E-state index >= 15 is 0 Å². The van der Waals surface area contributed by atoms with Crippen LogP contribution in [0, 0.1) is 5.82 Å². The molecule has 0 aliphatic heterocycles. The molecule has 0 saturated carbocycles. The minimum atomic E-state index is -1.32. The number of aromatic carboxylic acids is 1. The maximum Gasteiger partial charge on any atom is 0.338 e. The number of hydrogen-bond acceptors (Lipinski definition) is 4. The van der Waals surface area contributed by atoms with Gasteiger partial charge in [0.1, 0.15) is 5.82 Å². The van der Waals surface area contributed by atoms with Crippen LogP contribution < -0.4 is 11.1 Å². The van der Waals surface area contributed by atoms with Crippen LogP contribution >= 0.6 is 11.8 Å². The van der Waals surface area contributed by atoms with Crippen LogP contribution in [0.2, 0.25) is 0 Å². The van der Waals surface area contributed by atoms with E-state index in [0.717, 1.165) is 12.1 Å². The monoisotopic (exact) mass is 258 g/mol. The molecule has 0 aromatic heterocycles. The Labute approximate surface area is 103 Å². The molecular weight excluding hydrogens is 243 g/mol.